The molecule has 3 nitrogen and oxygen atoms in total. The van der Waals surface area contributed by atoms with E-state index in [-0.39, 0.29) is 11.9 Å². The zero-order chi connectivity index (χ0) is 8.85. The molecule has 0 heterocycles. The lowest BCUT2D eigenvalue weighted by Crippen LogP contribution is -2.37. The number of hydrogen-bond acceptors (Lipinski definition) is 2. The fourth-order valence-corrected chi connectivity index (χ4v) is 0.870. The van der Waals surface area contributed by atoms with Gasteiger partial charge in [-0.1, -0.05) is 6.92 Å². The number of methoxy groups -OCH3 is 1. The van der Waals surface area contributed by atoms with Crippen molar-refractivity contribution in [3.8, 4) is 0 Å². The molecule has 3 heteroatoms. The Labute approximate surface area is 68.1 Å². The third kappa shape index (κ3) is 4.79. The van der Waals surface area contributed by atoms with Crippen LogP contribution in [-0.4, -0.2) is 25.7 Å². The van der Waals surface area contributed by atoms with Gasteiger partial charge in [-0.2, -0.15) is 0 Å². The zero-order valence-electron chi connectivity index (χ0n) is 7.68. The summed E-state index contributed by atoms with van der Waals surface area (Å²) in [5.41, 5.74) is 0. The molecule has 0 bridgehead atoms. The second kappa shape index (κ2) is 5.13. The van der Waals surface area contributed by atoms with Gasteiger partial charge in [-0.05, 0) is 12.8 Å². The molecule has 0 radical (unpaired) electrons. The first-order valence-electron chi connectivity index (χ1n) is 3.84. The number of nitrogens with one attached hydrogen (secondary N) is 1. The van der Waals surface area contributed by atoms with Crippen molar-refractivity contribution >= 4 is 5.91 Å². The van der Waals surface area contributed by atoms with Crippen LogP contribution in [0.2, 0.25) is 0 Å². The first kappa shape index (κ1) is 10.4. The smallest absolute Gasteiger partial charge is 0.217 e. The van der Waals surface area contributed by atoms with Gasteiger partial charge in [-0.15, -0.1) is 0 Å². The van der Waals surface area contributed by atoms with Crippen molar-refractivity contribution < 1.29 is 9.53 Å². The van der Waals surface area contributed by atoms with Crippen LogP contribution in [0.1, 0.15) is 20.8 Å². The van der Waals surface area contributed by atoms with Crippen LogP contribution >= 0.6 is 0 Å². The van der Waals surface area contributed by atoms with E-state index in [1.165, 1.54) is 6.92 Å². The number of hydrogen-bond donors (Lipinski definition) is 1. The van der Waals surface area contributed by atoms with Gasteiger partial charge in [0.15, 0.2) is 0 Å². The molecule has 0 aromatic carbocycles. The first-order valence-corrected chi connectivity index (χ1v) is 3.84. The van der Waals surface area contributed by atoms with E-state index in [0.29, 0.717) is 12.5 Å². The van der Waals surface area contributed by atoms with Crippen LogP contribution in [0, 0.1) is 5.92 Å². The molecule has 0 aliphatic carbocycles. The molecule has 0 fully saturated rings. The molecule has 1 N–H and O–H groups in total. The number of carbonyl (C=O) groups is 1. The Morgan fingerprint density at radius 2 is 2.09 bits per heavy atom. The highest BCUT2D eigenvalue weighted by Gasteiger charge is 2.11. The number of carbonyl (C=O) groups excluding carboxylic acids is 1. The van der Waals surface area contributed by atoms with Crippen molar-refractivity contribution in [2.75, 3.05) is 13.7 Å². The molecule has 0 spiro atoms. The van der Waals surface area contributed by atoms with Gasteiger partial charge in [0, 0.05) is 20.1 Å². The quantitative estimate of drug-likeness (QED) is 0.658. The summed E-state index contributed by atoms with van der Waals surface area (Å²) >= 11 is 0. The monoisotopic (exact) mass is 159 g/mol. The molecule has 11 heavy (non-hydrogen) atoms. The average molecular weight is 159 g/mol. The third-order valence-corrected chi connectivity index (χ3v) is 1.71. The highest BCUT2D eigenvalue weighted by Crippen LogP contribution is 2.01. The van der Waals surface area contributed by atoms with Crippen molar-refractivity contribution in [2.45, 2.75) is 26.8 Å². The van der Waals surface area contributed by atoms with Gasteiger partial charge in [-0.3, -0.25) is 4.79 Å². The van der Waals surface area contributed by atoms with Crippen LogP contribution in [0.5, 0.6) is 0 Å². The van der Waals surface area contributed by atoms with E-state index in [9.17, 15) is 4.79 Å². The van der Waals surface area contributed by atoms with Crippen molar-refractivity contribution in [3.05, 3.63) is 0 Å². The van der Waals surface area contributed by atoms with Crippen LogP contribution < -0.4 is 5.32 Å². The first-order chi connectivity index (χ1) is 5.07. The van der Waals surface area contributed by atoms with Gasteiger partial charge in [0.25, 0.3) is 0 Å². The Morgan fingerprint density at radius 3 is 2.45 bits per heavy atom. The van der Waals surface area contributed by atoms with Crippen LogP contribution in [0.3, 0.4) is 0 Å². The summed E-state index contributed by atoms with van der Waals surface area (Å²) < 4.78 is 4.96. The molecule has 0 aliphatic rings. The topological polar surface area (TPSA) is 38.3 Å². The van der Waals surface area contributed by atoms with Crippen molar-refractivity contribution in [2.24, 2.45) is 5.92 Å². The van der Waals surface area contributed by atoms with Gasteiger partial charge in [0.1, 0.15) is 0 Å². The molecule has 0 saturated carbocycles. The van der Waals surface area contributed by atoms with Gasteiger partial charge >= 0.3 is 0 Å². The lowest BCUT2D eigenvalue weighted by Gasteiger charge is -2.19. The summed E-state index contributed by atoms with van der Waals surface area (Å²) in [7, 11) is 1.66. The fourth-order valence-electron chi connectivity index (χ4n) is 0.870. The predicted molar refractivity (Wildman–Crippen MR) is 44.3 cm³/mol. The Hall–Kier alpha value is -0.570. The molecule has 0 saturated heterocycles. The lowest BCUT2D eigenvalue weighted by atomic mass is 10.1. The van der Waals surface area contributed by atoms with Gasteiger partial charge < -0.3 is 10.1 Å². The molecule has 0 aliphatic heterocycles. The molecule has 66 valence electrons. The van der Waals surface area contributed by atoms with E-state index in [4.69, 9.17) is 4.74 Å². The molecular weight excluding hydrogens is 142 g/mol. The molecule has 0 aromatic heterocycles. The largest absolute Gasteiger partial charge is 0.384 e. The lowest BCUT2D eigenvalue weighted by molar-refractivity contribution is -0.119. The number of ether oxygens (including phenoxy) is 1. The summed E-state index contributed by atoms with van der Waals surface area (Å²) in [4.78, 5) is 10.6. The zero-order valence-corrected chi connectivity index (χ0v) is 7.68. The maximum atomic E-state index is 10.6. The minimum Gasteiger partial charge on any atom is -0.384 e. The maximum absolute atomic E-state index is 10.6. The molecular formula is C8H17NO2. The fraction of sp³-hybridized carbons (Fsp3) is 0.875. The van der Waals surface area contributed by atoms with E-state index in [0.717, 1.165) is 0 Å². The van der Waals surface area contributed by atoms with Crippen molar-refractivity contribution in [3.63, 3.8) is 0 Å². The van der Waals surface area contributed by atoms with Gasteiger partial charge in [0.2, 0.25) is 5.91 Å². The molecule has 2 unspecified atom stereocenters. The van der Waals surface area contributed by atoms with E-state index >= 15 is 0 Å². The van der Waals surface area contributed by atoms with Crippen LogP contribution in [0.4, 0.5) is 0 Å². The molecule has 0 aromatic rings. The van der Waals surface area contributed by atoms with E-state index in [1.54, 1.807) is 7.11 Å². The Balaban J connectivity index is 3.63. The SMILES string of the molecule is COCC(C)C(C)NC(C)=O. The predicted octanol–water partition coefficient (Wildman–Crippen LogP) is 0.793. The summed E-state index contributed by atoms with van der Waals surface area (Å²) in [6.45, 7) is 6.23. The normalized spacial score (nSPS) is 15.6. The van der Waals surface area contributed by atoms with Gasteiger partial charge in [0.05, 0.1) is 6.61 Å². The standard InChI is InChI=1S/C8H17NO2/c1-6(5-11-4)7(2)9-8(3)10/h6-7H,5H2,1-4H3,(H,9,10). The Bertz CT molecular complexity index is 125. The van der Waals surface area contributed by atoms with Crippen LogP contribution in [0.25, 0.3) is 0 Å². The average Bonchev–Trinajstić information content (AvgIpc) is 1.86. The molecule has 2 atom stereocenters. The summed E-state index contributed by atoms with van der Waals surface area (Å²) in [5.74, 6) is 0.379. The van der Waals surface area contributed by atoms with Crippen molar-refractivity contribution in [1.29, 1.82) is 0 Å². The third-order valence-electron chi connectivity index (χ3n) is 1.71. The summed E-state index contributed by atoms with van der Waals surface area (Å²) in [6, 6.07) is 0.187. The number of amides is 1. The van der Waals surface area contributed by atoms with E-state index < -0.39 is 0 Å². The second-order valence-electron chi connectivity index (χ2n) is 2.92. The van der Waals surface area contributed by atoms with Crippen molar-refractivity contribution in [1.82, 2.24) is 5.32 Å². The van der Waals surface area contributed by atoms with Crippen LogP contribution in [0.15, 0.2) is 0 Å². The molecule has 0 rings (SSSR count). The van der Waals surface area contributed by atoms with E-state index in [1.807, 2.05) is 13.8 Å². The van der Waals surface area contributed by atoms with Crippen LogP contribution in [-0.2, 0) is 9.53 Å². The number of rotatable bonds is 4. The Morgan fingerprint density at radius 1 is 1.55 bits per heavy atom. The Kier molecular flexibility index (Phi) is 4.86. The van der Waals surface area contributed by atoms with E-state index in [2.05, 4.69) is 5.32 Å². The minimum absolute atomic E-state index is 0.0143. The van der Waals surface area contributed by atoms with Gasteiger partial charge in [-0.25, -0.2) is 0 Å². The minimum atomic E-state index is 0.0143. The summed E-state index contributed by atoms with van der Waals surface area (Å²) in [6.07, 6.45) is 0. The second-order valence-corrected chi connectivity index (χ2v) is 2.92. The highest BCUT2D eigenvalue weighted by atomic mass is 16.5. The summed E-state index contributed by atoms with van der Waals surface area (Å²) in [5, 5.41) is 2.81. The molecule has 1 amide bonds. The highest BCUT2D eigenvalue weighted by molar-refractivity contribution is 5.73. The maximum Gasteiger partial charge on any atom is 0.217 e.